The largest absolute Gasteiger partial charge is 0.382 e. The summed E-state index contributed by atoms with van der Waals surface area (Å²) in [5.74, 6) is 0.856. The zero-order valence-electron chi connectivity index (χ0n) is 18.5. The first-order valence-corrected chi connectivity index (χ1v) is 10.8. The molecule has 2 N–H and O–H groups in total. The van der Waals surface area contributed by atoms with Gasteiger partial charge in [0, 0.05) is 66.1 Å². The Bertz CT molecular complexity index is 559. The van der Waals surface area contributed by atoms with Crippen LogP contribution < -0.4 is 10.6 Å². The van der Waals surface area contributed by atoms with E-state index in [1.54, 1.807) is 0 Å². The first-order chi connectivity index (χ1) is 13.7. The molecule has 6 nitrogen and oxygen atoms in total. The van der Waals surface area contributed by atoms with Crippen LogP contribution in [0.25, 0.3) is 0 Å². The molecule has 2 rings (SSSR count). The number of rotatable bonds is 11. The fourth-order valence-electron chi connectivity index (χ4n) is 3.37. The Balaban J connectivity index is 0.00000420. The second kappa shape index (κ2) is 15.9. The van der Waals surface area contributed by atoms with Crippen LogP contribution in [0.3, 0.4) is 0 Å². The maximum Gasteiger partial charge on any atom is 0.191 e. The number of benzene rings is 1. The van der Waals surface area contributed by atoms with E-state index in [1.165, 1.54) is 43.9 Å². The van der Waals surface area contributed by atoms with E-state index in [9.17, 15) is 0 Å². The van der Waals surface area contributed by atoms with Gasteiger partial charge in [-0.1, -0.05) is 31.2 Å². The monoisotopic (exact) mass is 517 g/mol. The minimum atomic E-state index is 0. The summed E-state index contributed by atoms with van der Waals surface area (Å²) in [5, 5.41) is 6.75. The molecule has 1 saturated heterocycles. The average Bonchev–Trinajstić information content (AvgIpc) is 2.74. The molecular formula is C22H40IN5O. The summed E-state index contributed by atoms with van der Waals surface area (Å²) in [4.78, 5) is 9.37. The van der Waals surface area contributed by atoms with E-state index in [0.717, 1.165) is 51.6 Å². The predicted octanol–water partition coefficient (Wildman–Crippen LogP) is 2.92. The van der Waals surface area contributed by atoms with Crippen LogP contribution in [0.15, 0.2) is 29.3 Å². The summed E-state index contributed by atoms with van der Waals surface area (Å²) >= 11 is 0. The summed E-state index contributed by atoms with van der Waals surface area (Å²) in [5.41, 5.74) is 2.67. The summed E-state index contributed by atoms with van der Waals surface area (Å²) in [7, 11) is 1.82. The van der Waals surface area contributed by atoms with Gasteiger partial charge in [-0.3, -0.25) is 9.89 Å². The van der Waals surface area contributed by atoms with E-state index in [0.29, 0.717) is 0 Å². The molecule has 0 aliphatic carbocycles. The smallest absolute Gasteiger partial charge is 0.191 e. The van der Waals surface area contributed by atoms with Crippen LogP contribution in [0.5, 0.6) is 0 Å². The molecule has 0 bridgehead atoms. The van der Waals surface area contributed by atoms with E-state index >= 15 is 0 Å². The van der Waals surface area contributed by atoms with Crippen molar-refractivity contribution in [2.24, 2.45) is 4.99 Å². The molecule has 0 amide bonds. The lowest BCUT2D eigenvalue weighted by Crippen LogP contribution is -2.45. The number of hydrogen-bond acceptors (Lipinski definition) is 4. The zero-order valence-corrected chi connectivity index (χ0v) is 20.8. The van der Waals surface area contributed by atoms with Gasteiger partial charge >= 0.3 is 0 Å². The Kier molecular flexibility index (Phi) is 14.3. The zero-order chi connectivity index (χ0) is 20.0. The number of likely N-dealkylation sites (N-methyl/N-ethyl adjacent to an activating group) is 1. The van der Waals surface area contributed by atoms with Gasteiger partial charge in [-0.05, 0) is 37.4 Å². The highest BCUT2D eigenvalue weighted by atomic mass is 127. The Hall–Kier alpha value is -0.900. The Labute approximate surface area is 194 Å². The molecule has 29 heavy (non-hydrogen) atoms. The number of piperazine rings is 1. The summed E-state index contributed by atoms with van der Waals surface area (Å²) < 4.78 is 5.36. The van der Waals surface area contributed by atoms with Crippen LogP contribution in [0.2, 0.25) is 0 Å². The van der Waals surface area contributed by atoms with Crippen molar-refractivity contribution in [3.63, 3.8) is 0 Å². The van der Waals surface area contributed by atoms with E-state index in [1.807, 2.05) is 14.0 Å². The van der Waals surface area contributed by atoms with Gasteiger partial charge in [0.1, 0.15) is 0 Å². The topological polar surface area (TPSA) is 52.1 Å². The van der Waals surface area contributed by atoms with Crippen molar-refractivity contribution in [1.29, 1.82) is 0 Å². The lowest BCUT2D eigenvalue weighted by Gasteiger charge is -2.34. The van der Waals surface area contributed by atoms with Crippen LogP contribution >= 0.6 is 24.0 Å². The molecule has 1 aromatic carbocycles. The molecule has 1 aromatic rings. The first kappa shape index (κ1) is 26.1. The molecule has 0 spiro atoms. The van der Waals surface area contributed by atoms with E-state index < -0.39 is 0 Å². The van der Waals surface area contributed by atoms with Crippen LogP contribution in [-0.4, -0.2) is 75.3 Å². The van der Waals surface area contributed by atoms with Crippen molar-refractivity contribution in [2.75, 3.05) is 59.5 Å². The van der Waals surface area contributed by atoms with Crippen molar-refractivity contribution < 1.29 is 4.74 Å². The number of aliphatic imine (C=N–C) groups is 1. The van der Waals surface area contributed by atoms with Gasteiger partial charge in [0.2, 0.25) is 0 Å². The fourth-order valence-corrected chi connectivity index (χ4v) is 3.37. The van der Waals surface area contributed by atoms with Gasteiger partial charge in [0.15, 0.2) is 5.96 Å². The number of hydrogen-bond donors (Lipinski definition) is 2. The SMILES string of the molecule is CCOCCCCNC(=NC)NCc1ccc(CN2CCN(CC)CC2)cc1.I. The normalized spacial score (nSPS) is 15.8. The molecule has 7 heteroatoms. The summed E-state index contributed by atoms with van der Waals surface area (Å²) in [6.07, 6.45) is 2.16. The highest BCUT2D eigenvalue weighted by Gasteiger charge is 2.15. The molecule has 1 aliphatic rings. The number of nitrogens with zero attached hydrogens (tertiary/aromatic N) is 3. The van der Waals surface area contributed by atoms with Crippen molar-refractivity contribution >= 4 is 29.9 Å². The first-order valence-electron chi connectivity index (χ1n) is 10.8. The minimum absolute atomic E-state index is 0. The number of nitrogens with one attached hydrogen (secondary N) is 2. The maximum absolute atomic E-state index is 5.36. The maximum atomic E-state index is 5.36. The average molecular weight is 518 g/mol. The highest BCUT2D eigenvalue weighted by Crippen LogP contribution is 2.10. The van der Waals surface area contributed by atoms with Crippen LogP contribution in [0, 0.1) is 0 Å². The minimum Gasteiger partial charge on any atom is -0.382 e. The molecule has 0 unspecified atom stereocenters. The molecule has 0 saturated carbocycles. The second-order valence-electron chi connectivity index (χ2n) is 7.28. The van der Waals surface area contributed by atoms with Crippen molar-refractivity contribution in [2.45, 2.75) is 39.8 Å². The van der Waals surface area contributed by atoms with Gasteiger partial charge in [0.25, 0.3) is 0 Å². The Morgan fingerprint density at radius 2 is 1.62 bits per heavy atom. The molecular weight excluding hydrogens is 477 g/mol. The van der Waals surface area contributed by atoms with Crippen LogP contribution in [-0.2, 0) is 17.8 Å². The molecule has 1 aliphatic heterocycles. The van der Waals surface area contributed by atoms with Crippen molar-refractivity contribution in [1.82, 2.24) is 20.4 Å². The molecule has 1 heterocycles. The molecule has 166 valence electrons. The van der Waals surface area contributed by atoms with E-state index in [2.05, 4.69) is 56.6 Å². The van der Waals surface area contributed by atoms with E-state index in [4.69, 9.17) is 4.74 Å². The van der Waals surface area contributed by atoms with Gasteiger partial charge in [0.05, 0.1) is 0 Å². The third kappa shape index (κ3) is 10.6. The molecule has 0 aromatic heterocycles. The second-order valence-corrected chi connectivity index (χ2v) is 7.28. The molecule has 1 fully saturated rings. The van der Waals surface area contributed by atoms with E-state index in [-0.39, 0.29) is 24.0 Å². The lowest BCUT2D eigenvalue weighted by molar-refractivity contribution is 0.132. The Morgan fingerprint density at radius 1 is 0.966 bits per heavy atom. The third-order valence-corrected chi connectivity index (χ3v) is 5.24. The fraction of sp³-hybridized carbons (Fsp3) is 0.682. The Morgan fingerprint density at radius 3 is 2.24 bits per heavy atom. The van der Waals surface area contributed by atoms with Gasteiger partial charge in [-0.2, -0.15) is 0 Å². The summed E-state index contributed by atoms with van der Waals surface area (Å²) in [6.45, 7) is 14.6. The van der Waals surface area contributed by atoms with Crippen LogP contribution in [0.1, 0.15) is 37.8 Å². The molecule has 0 atom stereocenters. The predicted molar refractivity (Wildman–Crippen MR) is 133 cm³/mol. The number of halogens is 1. The third-order valence-electron chi connectivity index (χ3n) is 5.24. The highest BCUT2D eigenvalue weighted by molar-refractivity contribution is 14.0. The quantitative estimate of drug-likeness (QED) is 0.205. The standard InChI is InChI=1S/C22H39N5O.HI/c1-4-26-13-15-27(16-14-26)19-21-10-8-20(9-11-21)18-25-22(23-3)24-12-6-7-17-28-5-2;/h8-11H,4-7,12-19H2,1-3H3,(H2,23,24,25);1H. The summed E-state index contributed by atoms with van der Waals surface area (Å²) in [6, 6.07) is 8.96. The molecule has 0 radical (unpaired) electrons. The van der Waals surface area contributed by atoms with Gasteiger partial charge in [-0.25, -0.2) is 0 Å². The van der Waals surface area contributed by atoms with Gasteiger partial charge in [-0.15, -0.1) is 24.0 Å². The van der Waals surface area contributed by atoms with Crippen molar-refractivity contribution in [3.8, 4) is 0 Å². The lowest BCUT2D eigenvalue weighted by atomic mass is 10.1. The number of ether oxygens (including phenoxy) is 1. The number of guanidine groups is 1. The van der Waals surface area contributed by atoms with Gasteiger partial charge < -0.3 is 20.3 Å². The van der Waals surface area contributed by atoms with Crippen LogP contribution in [0.4, 0.5) is 0 Å². The van der Waals surface area contributed by atoms with Crippen molar-refractivity contribution in [3.05, 3.63) is 35.4 Å². The number of unbranched alkanes of at least 4 members (excludes halogenated alkanes) is 1.